The van der Waals surface area contributed by atoms with Gasteiger partial charge in [0, 0.05) is 45.2 Å². The van der Waals surface area contributed by atoms with Crippen LogP contribution in [0.1, 0.15) is 64.7 Å². The van der Waals surface area contributed by atoms with E-state index in [1.165, 1.54) is 50.7 Å². The van der Waals surface area contributed by atoms with Crippen molar-refractivity contribution in [2.24, 2.45) is 40.0 Å². The summed E-state index contributed by atoms with van der Waals surface area (Å²) in [7, 11) is 5.67. The molecule has 0 bridgehead atoms. The molecule has 0 heterocycles. The maximum atomic E-state index is 5.79. The molecule has 0 aromatic heterocycles. The van der Waals surface area contributed by atoms with Crippen LogP contribution >= 0.6 is 0 Å². The third kappa shape index (κ3) is 2.34. The lowest BCUT2D eigenvalue weighted by molar-refractivity contribution is -0.246. The van der Waals surface area contributed by atoms with Crippen molar-refractivity contribution in [2.45, 2.75) is 70.5 Å². The number of ether oxygens (including phenoxy) is 2. The van der Waals surface area contributed by atoms with Crippen LogP contribution in [0.15, 0.2) is 4.99 Å². The predicted molar refractivity (Wildman–Crippen MR) is 97.2 cm³/mol. The Hall–Kier alpha value is -0.410. The number of aliphatic imine (C=N–C) groups is 1. The summed E-state index contributed by atoms with van der Waals surface area (Å²) < 4.78 is 11.6. The average Bonchev–Trinajstić information content (AvgIpc) is 2.97. The Morgan fingerprint density at radius 1 is 0.917 bits per heavy atom. The van der Waals surface area contributed by atoms with Gasteiger partial charge >= 0.3 is 0 Å². The van der Waals surface area contributed by atoms with E-state index in [1.807, 2.05) is 21.3 Å². The predicted octanol–water partition coefficient (Wildman–Crippen LogP) is 4.70. The minimum atomic E-state index is -0.299. The van der Waals surface area contributed by atoms with Crippen molar-refractivity contribution in [3.05, 3.63) is 0 Å². The Morgan fingerprint density at radius 3 is 2.38 bits per heavy atom. The molecule has 6 atom stereocenters. The zero-order chi connectivity index (χ0) is 16.9. The third-order valence-electron chi connectivity index (χ3n) is 8.71. The summed E-state index contributed by atoms with van der Waals surface area (Å²) in [6.45, 7) is 2.52. The molecule has 136 valence electrons. The fourth-order valence-corrected chi connectivity index (χ4v) is 7.44. The number of hydrogen-bond acceptors (Lipinski definition) is 3. The van der Waals surface area contributed by atoms with Crippen molar-refractivity contribution in [2.75, 3.05) is 21.3 Å². The zero-order valence-corrected chi connectivity index (χ0v) is 16.0. The molecule has 0 radical (unpaired) electrons. The van der Waals surface area contributed by atoms with Crippen LogP contribution in [-0.4, -0.2) is 32.8 Å². The van der Waals surface area contributed by atoms with Gasteiger partial charge in [0.15, 0.2) is 5.79 Å². The van der Waals surface area contributed by atoms with Crippen LogP contribution < -0.4 is 0 Å². The topological polar surface area (TPSA) is 30.8 Å². The van der Waals surface area contributed by atoms with Gasteiger partial charge in [0.2, 0.25) is 0 Å². The number of hydrogen-bond donors (Lipinski definition) is 0. The molecule has 3 heteroatoms. The molecule has 0 spiro atoms. The van der Waals surface area contributed by atoms with Crippen LogP contribution in [-0.2, 0) is 9.47 Å². The van der Waals surface area contributed by atoms with E-state index in [4.69, 9.17) is 9.47 Å². The fraction of sp³-hybridized carbons (Fsp3) is 0.952. The minimum Gasteiger partial charge on any atom is -0.353 e. The maximum Gasteiger partial charge on any atom is 0.167 e. The Balaban J connectivity index is 1.54. The van der Waals surface area contributed by atoms with E-state index in [-0.39, 0.29) is 5.79 Å². The number of methoxy groups -OCH3 is 2. The molecule has 4 aliphatic carbocycles. The smallest absolute Gasteiger partial charge is 0.167 e. The quantitative estimate of drug-likeness (QED) is 0.686. The van der Waals surface area contributed by atoms with E-state index in [2.05, 4.69) is 11.9 Å². The van der Waals surface area contributed by atoms with Crippen molar-refractivity contribution in [3.8, 4) is 0 Å². The molecule has 0 aromatic rings. The average molecular weight is 334 g/mol. The van der Waals surface area contributed by atoms with Gasteiger partial charge in [0.25, 0.3) is 0 Å². The first-order chi connectivity index (χ1) is 11.6. The molecule has 0 amide bonds. The molecule has 3 nitrogen and oxygen atoms in total. The summed E-state index contributed by atoms with van der Waals surface area (Å²) in [5.74, 6) is 4.21. The van der Waals surface area contributed by atoms with Gasteiger partial charge in [-0.3, -0.25) is 4.99 Å². The molecule has 24 heavy (non-hydrogen) atoms. The summed E-state index contributed by atoms with van der Waals surface area (Å²) in [5, 5.41) is 0. The van der Waals surface area contributed by atoms with Gasteiger partial charge in [-0.2, -0.15) is 0 Å². The summed E-state index contributed by atoms with van der Waals surface area (Å²) in [6.07, 6.45) is 11.7. The van der Waals surface area contributed by atoms with Crippen molar-refractivity contribution in [1.29, 1.82) is 0 Å². The Labute approximate surface area is 147 Å². The first kappa shape index (κ1) is 17.0. The molecular formula is C21H35NO2. The van der Waals surface area contributed by atoms with Gasteiger partial charge in [-0.05, 0) is 74.5 Å². The van der Waals surface area contributed by atoms with Crippen LogP contribution in [0.3, 0.4) is 0 Å². The third-order valence-corrected chi connectivity index (χ3v) is 8.71. The number of rotatable bonds is 2. The highest BCUT2D eigenvalue weighted by Crippen LogP contribution is 2.62. The van der Waals surface area contributed by atoms with E-state index in [1.54, 1.807) is 0 Å². The van der Waals surface area contributed by atoms with Gasteiger partial charge < -0.3 is 9.47 Å². The van der Waals surface area contributed by atoms with Crippen LogP contribution in [0.5, 0.6) is 0 Å². The maximum absolute atomic E-state index is 5.79. The SMILES string of the molecule is CN=C1CCC2C3CCC4CC(OC)(OC)CCC4C3CCC12C. The highest BCUT2D eigenvalue weighted by Gasteiger charge is 2.57. The van der Waals surface area contributed by atoms with Gasteiger partial charge in [0.1, 0.15) is 0 Å². The molecule has 4 rings (SSSR count). The van der Waals surface area contributed by atoms with Crippen molar-refractivity contribution in [1.82, 2.24) is 0 Å². The van der Waals surface area contributed by atoms with Crippen LogP contribution in [0, 0.1) is 35.0 Å². The van der Waals surface area contributed by atoms with Crippen LogP contribution in [0.4, 0.5) is 0 Å². The second-order valence-electron chi connectivity index (χ2n) is 9.16. The molecule has 0 aromatic carbocycles. The van der Waals surface area contributed by atoms with E-state index in [0.29, 0.717) is 5.41 Å². The molecular weight excluding hydrogens is 298 g/mol. The second-order valence-corrected chi connectivity index (χ2v) is 9.16. The van der Waals surface area contributed by atoms with Crippen molar-refractivity contribution >= 4 is 5.71 Å². The van der Waals surface area contributed by atoms with E-state index >= 15 is 0 Å². The van der Waals surface area contributed by atoms with Gasteiger partial charge in [-0.15, -0.1) is 0 Å². The van der Waals surface area contributed by atoms with Gasteiger partial charge in [-0.1, -0.05) is 6.92 Å². The van der Waals surface area contributed by atoms with E-state index in [9.17, 15) is 0 Å². The fourth-order valence-electron chi connectivity index (χ4n) is 7.44. The molecule has 0 N–H and O–H groups in total. The lowest BCUT2D eigenvalue weighted by atomic mass is 9.50. The molecule has 4 saturated carbocycles. The molecule has 6 unspecified atom stereocenters. The Kier molecular flexibility index (Phi) is 4.32. The highest BCUT2D eigenvalue weighted by molar-refractivity contribution is 5.92. The summed E-state index contributed by atoms with van der Waals surface area (Å²) >= 11 is 0. The molecule has 0 saturated heterocycles. The zero-order valence-electron chi connectivity index (χ0n) is 16.0. The first-order valence-corrected chi connectivity index (χ1v) is 10.1. The summed E-state index contributed by atoms with van der Waals surface area (Å²) in [6, 6.07) is 0. The summed E-state index contributed by atoms with van der Waals surface area (Å²) in [5.41, 5.74) is 1.94. The number of nitrogens with zero attached hydrogens (tertiary/aromatic N) is 1. The van der Waals surface area contributed by atoms with Crippen molar-refractivity contribution in [3.63, 3.8) is 0 Å². The lowest BCUT2D eigenvalue weighted by Gasteiger charge is -2.56. The van der Waals surface area contributed by atoms with Gasteiger partial charge in [0.05, 0.1) is 0 Å². The molecule has 4 fully saturated rings. The van der Waals surface area contributed by atoms with E-state index < -0.39 is 0 Å². The van der Waals surface area contributed by atoms with Crippen LogP contribution in [0.25, 0.3) is 0 Å². The van der Waals surface area contributed by atoms with Gasteiger partial charge in [-0.25, -0.2) is 0 Å². The highest BCUT2D eigenvalue weighted by atomic mass is 16.7. The Bertz CT molecular complexity index is 512. The van der Waals surface area contributed by atoms with E-state index in [0.717, 1.165) is 42.4 Å². The lowest BCUT2D eigenvalue weighted by Crippen LogP contribution is -2.51. The standard InChI is InChI=1S/C21H35NO2/c1-20-11-9-16-15-10-12-21(23-3,24-4)13-14(15)5-6-17(16)18(20)7-8-19(20)22-2/h14-18H,5-13H2,1-4H3. The van der Waals surface area contributed by atoms with Crippen LogP contribution in [0.2, 0.25) is 0 Å². The first-order valence-electron chi connectivity index (χ1n) is 10.1. The largest absolute Gasteiger partial charge is 0.353 e. The second kappa shape index (κ2) is 6.09. The minimum absolute atomic E-state index is 0.299. The van der Waals surface area contributed by atoms with Crippen molar-refractivity contribution < 1.29 is 9.47 Å². The molecule has 4 aliphatic rings. The normalized spacial score (nSPS) is 48.7. The Morgan fingerprint density at radius 2 is 1.67 bits per heavy atom. The molecule has 0 aliphatic heterocycles. The number of fused-ring (bicyclic) bond motifs is 5. The monoisotopic (exact) mass is 333 g/mol. The summed E-state index contributed by atoms with van der Waals surface area (Å²) in [4.78, 5) is 4.69.